The predicted octanol–water partition coefficient (Wildman–Crippen LogP) is 4.70. The molecule has 0 bridgehead atoms. The van der Waals surface area contributed by atoms with Crippen LogP contribution in [-0.4, -0.2) is 48.5 Å². The van der Waals surface area contributed by atoms with Crippen LogP contribution in [0.2, 0.25) is 0 Å². The lowest BCUT2D eigenvalue weighted by Gasteiger charge is -2.21. The van der Waals surface area contributed by atoms with Crippen LogP contribution >= 0.6 is 0 Å². The number of nitrogens with zero attached hydrogens (tertiary/aromatic N) is 1. The molecule has 3 aromatic rings. The summed E-state index contributed by atoms with van der Waals surface area (Å²) in [4.78, 5) is 39.6. The molecular weight excluding hydrogens is 448 g/mol. The van der Waals surface area contributed by atoms with E-state index >= 15 is 0 Å². The van der Waals surface area contributed by atoms with Crippen molar-refractivity contribution in [2.24, 2.45) is 0 Å². The summed E-state index contributed by atoms with van der Waals surface area (Å²) in [5.74, 6) is -1.52. The van der Waals surface area contributed by atoms with E-state index in [0.717, 1.165) is 10.9 Å². The number of rotatable bonds is 11. The summed E-state index contributed by atoms with van der Waals surface area (Å²) in [7, 11) is 0. The van der Waals surface area contributed by atoms with Crippen LogP contribution in [-0.2, 0) is 25.7 Å². The molecule has 1 N–H and O–H groups in total. The Morgan fingerprint density at radius 2 is 1.77 bits per heavy atom. The summed E-state index contributed by atoms with van der Waals surface area (Å²) in [5.41, 5.74) is 2.73. The maximum Gasteiger partial charge on any atom is 0.375 e. The summed E-state index contributed by atoms with van der Waals surface area (Å²) >= 11 is 0. The fraction of sp³-hybridized carbons (Fsp3) is 0.370. The summed E-state index contributed by atoms with van der Waals surface area (Å²) in [6.45, 7) is 7.48. The van der Waals surface area contributed by atoms with Crippen molar-refractivity contribution in [2.75, 3.05) is 25.0 Å². The van der Waals surface area contributed by atoms with Gasteiger partial charge in [-0.2, -0.15) is 0 Å². The van der Waals surface area contributed by atoms with E-state index in [0.29, 0.717) is 29.8 Å². The van der Waals surface area contributed by atoms with Gasteiger partial charge in [0.1, 0.15) is 5.58 Å². The number of carbonyl (C=O) groups is 3. The standard InChI is InChI=1S/C27H32N2O6/c1-5-14-29(15-24(30)28-22-12-8-6-10-19(22)4)25(31)17-34-27(32)26-21(16-33-18(2)3)20-11-7-9-13-23(20)35-26/h6-13,18H,5,14-17H2,1-4H3,(H,28,30). The molecule has 35 heavy (non-hydrogen) atoms. The number of aryl methyl sites for hydroxylation is 1. The van der Waals surface area contributed by atoms with Gasteiger partial charge in [-0.05, 0) is 44.9 Å². The highest BCUT2D eigenvalue weighted by Gasteiger charge is 2.24. The molecule has 2 amide bonds. The van der Waals surface area contributed by atoms with Gasteiger partial charge in [-0.25, -0.2) is 4.79 Å². The van der Waals surface area contributed by atoms with Crippen LogP contribution in [0.3, 0.4) is 0 Å². The first kappa shape index (κ1) is 26.0. The topological polar surface area (TPSA) is 98.1 Å². The van der Waals surface area contributed by atoms with E-state index in [1.807, 2.05) is 64.1 Å². The summed E-state index contributed by atoms with van der Waals surface area (Å²) in [6.07, 6.45) is 0.611. The van der Waals surface area contributed by atoms with Crippen molar-refractivity contribution >= 4 is 34.4 Å². The van der Waals surface area contributed by atoms with Crippen molar-refractivity contribution in [3.05, 3.63) is 65.4 Å². The first-order valence-corrected chi connectivity index (χ1v) is 11.7. The maximum absolute atomic E-state index is 12.8. The maximum atomic E-state index is 12.8. The van der Waals surface area contributed by atoms with Gasteiger partial charge in [0.15, 0.2) is 6.61 Å². The second-order valence-electron chi connectivity index (χ2n) is 8.52. The van der Waals surface area contributed by atoms with Crippen molar-refractivity contribution < 1.29 is 28.3 Å². The van der Waals surface area contributed by atoms with Gasteiger partial charge in [0, 0.05) is 23.2 Å². The molecule has 8 heteroatoms. The number of anilines is 1. The Hall–Kier alpha value is -3.65. The van der Waals surface area contributed by atoms with Crippen LogP contribution in [0.15, 0.2) is 52.9 Å². The Kier molecular flexibility index (Phi) is 9.03. The van der Waals surface area contributed by atoms with Gasteiger partial charge in [-0.15, -0.1) is 0 Å². The van der Waals surface area contributed by atoms with E-state index < -0.39 is 18.5 Å². The molecule has 0 saturated carbocycles. The molecule has 0 radical (unpaired) electrons. The quantitative estimate of drug-likeness (QED) is 0.400. The molecule has 186 valence electrons. The van der Waals surface area contributed by atoms with E-state index in [2.05, 4.69) is 5.32 Å². The molecule has 8 nitrogen and oxygen atoms in total. The summed E-state index contributed by atoms with van der Waals surface area (Å²) in [5, 5.41) is 3.58. The molecular formula is C27H32N2O6. The largest absolute Gasteiger partial charge is 0.450 e. The van der Waals surface area contributed by atoms with E-state index in [1.54, 1.807) is 12.1 Å². The monoisotopic (exact) mass is 480 g/mol. The van der Waals surface area contributed by atoms with Crippen molar-refractivity contribution in [2.45, 2.75) is 46.8 Å². The smallest absolute Gasteiger partial charge is 0.375 e. The van der Waals surface area contributed by atoms with Gasteiger partial charge in [-0.1, -0.05) is 43.3 Å². The van der Waals surface area contributed by atoms with Crippen LogP contribution in [0.4, 0.5) is 5.69 Å². The van der Waals surface area contributed by atoms with Crippen LogP contribution in [0.25, 0.3) is 11.0 Å². The van der Waals surface area contributed by atoms with E-state index in [1.165, 1.54) is 4.90 Å². The van der Waals surface area contributed by atoms with Gasteiger partial charge < -0.3 is 24.1 Å². The molecule has 0 aliphatic rings. The van der Waals surface area contributed by atoms with E-state index in [4.69, 9.17) is 13.9 Å². The number of hydrogen-bond acceptors (Lipinski definition) is 6. The van der Waals surface area contributed by atoms with Crippen molar-refractivity contribution in [3.8, 4) is 0 Å². The normalized spacial score (nSPS) is 11.0. The van der Waals surface area contributed by atoms with Crippen molar-refractivity contribution in [1.82, 2.24) is 4.90 Å². The third kappa shape index (κ3) is 6.93. The molecule has 0 fully saturated rings. The average molecular weight is 481 g/mol. The molecule has 0 aliphatic carbocycles. The van der Waals surface area contributed by atoms with E-state index in [-0.39, 0.29) is 30.9 Å². The summed E-state index contributed by atoms with van der Waals surface area (Å²) in [6, 6.07) is 14.7. The summed E-state index contributed by atoms with van der Waals surface area (Å²) < 4.78 is 16.7. The minimum absolute atomic E-state index is 0.0130. The molecule has 2 aromatic carbocycles. The number of benzene rings is 2. The van der Waals surface area contributed by atoms with Crippen LogP contribution in [0, 0.1) is 6.92 Å². The Morgan fingerprint density at radius 3 is 2.49 bits per heavy atom. The number of carbonyl (C=O) groups excluding carboxylic acids is 3. The molecule has 1 aromatic heterocycles. The number of amides is 2. The van der Waals surface area contributed by atoms with Crippen molar-refractivity contribution in [3.63, 3.8) is 0 Å². The fourth-order valence-corrected chi connectivity index (χ4v) is 3.58. The first-order valence-electron chi connectivity index (χ1n) is 11.7. The highest BCUT2D eigenvalue weighted by molar-refractivity contribution is 5.98. The third-order valence-electron chi connectivity index (χ3n) is 5.37. The van der Waals surface area contributed by atoms with Gasteiger partial charge in [0.2, 0.25) is 11.7 Å². The molecule has 0 spiro atoms. The van der Waals surface area contributed by atoms with Gasteiger partial charge in [0.25, 0.3) is 5.91 Å². The number of ether oxygens (including phenoxy) is 2. The minimum atomic E-state index is -0.752. The second-order valence-corrected chi connectivity index (χ2v) is 8.52. The minimum Gasteiger partial charge on any atom is -0.450 e. The fourth-order valence-electron chi connectivity index (χ4n) is 3.58. The Bertz CT molecular complexity index is 1180. The average Bonchev–Trinajstić information content (AvgIpc) is 3.21. The number of fused-ring (bicyclic) bond motifs is 1. The molecule has 0 aliphatic heterocycles. The highest BCUT2D eigenvalue weighted by Crippen LogP contribution is 2.27. The van der Waals surface area contributed by atoms with Gasteiger partial charge in [0.05, 0.1) is 19.3 Å². The van der Waals surface area contributed by atoms with Crippen LogP contribution in [0.5, 0.6) is 0 Å². The number of furan rings is 1. The van der Waals surface area contributed by atoms with Crippen LogP contribution in [0.1, 0.15) is 48.9 Å². The second kappa shape index (κ2) is 12.2. The zero-order chi connectivity index (χ0) is 25.4. The lowest BCUT2D eigenvalue weighted by atomic mass is 10.1. The molecule has 0 unspecified atom stereocenters. The predicted molar refractivity (Wildman–Crippen MR) is 133 cm³/mol. The Balaban J connectivity index is 1.66. The number of nitrogens with one attached hydrogen (secondary N) is 1. The molecule has 1 heterocycles. The lowest BCUT2D eigenvalue weighted by Crippen LogP contribution is -2.40. The number of para-hydroxylation sites is 2. The van der Waals surface area contributed by atoms with Crippen molar-refractivity contribution in [1.29, 1.82) is 0 Å². The third-order valence-corrected chi connectivity index (χ3v) is 5.37. The SMILES string of the molecule is CCCN(CC(=O)Nc1ccccc1C)C(=O)COC(=O)c1oc2ccccc2c1COC(C)C. The number of hydrogen-bond donors (Lipinski definition) is 1. The Labute approximate surface area is 205 Å². The molecule has 3 rings (SSSR count). The zero-order valence-corrected chi connectivity index (χ0v) is 20.6. The molecule has 0 saturated heterocycles. The highest BCUT2D eigenvalue weighted by atomic mass is 16.5. The lowest BCUT2D eigenvalue weighted by molar-refractivity contribution is -0.137. The zero-order valence-electron chi connectivity index (χ0n) is 20.6. The van der Waals surface area contributed by atoms with Crippen LogP contribution < -0.4 is 5.32 Å². The van der Waals surface area contributed by atoms with Gasteiger partial charge >= 0.3 is 5.97 Å². The van der Waals surface area contributed by atoms with E-state index in [9.17, 15) is 14.4 Å². The first-order chi connectivity index (χ1) is 16.8. The Morgan fingerprint density at radius 1 is 1.06 bits per heavy atom. The molecule has 0 atom stereocenters. The number of esters is 1. The van der Waals surface area contributed by atoms with Gasteiger partial charge in [-0.3, -0.25) is 9.59 Å².